The smallest absolute Gasteiger partial charge is 0.227 e. The van der Waals surface area contributed by atoms with Crippen molar-refractivity contribution in [3.63, 3.8) is 0 Å². The number of benzene rings is 2. The average molecular weight is 525 g/mol. The lowest BCUT2D eigenvalue weighted by molar-refractivity contribution is 0.0981. The molecule has 3 heterocycles. The summed E-state index contributed by atoms with van der Waals surface area (Å²) in [6.07, 6.45) is 5.23. The normalized spacial score (nSPS) is 17.4. The Labute approximate surface area is 222 Å². The fourth-order valence-electron chi connectivity index (χ4n) is 5.09. The summed E-state index contributed by atoms with van der Waals surface area (Å²) >= 11 is 0. The molecule has 1 aromatic heterocycles. The number of halogens is 2. The van der Waals surface area contributed by atoms with Gasteiger partial charge in [-0.05, 0) is 44.2 Å². The van der Waals surface area contributed by atoms with Crippen molar-refractivity contribution >= 4 is 17.3 Å². The summed E-state index contributed by atoms with van der Waals surface area (Å²) in [4.78, 5) is 16.0. The molecule has 8 nitrogen and oxygen atoms in total. The van der Waals surface area contributed by atoms with E-state index in [9.17, 15) is 8.78 Å². The highest BCUT2D eigenvalue weighted by atomic mass is 19.1. The molecule has 10 heteroatoms. The molecule has 0 spiro atoms. The van der Waals surface area contributed by atoms with Gasteiger partial charge in [-0.1, -0.05) is 6.07 Å². The molecule has 2 aliphatic heterocycles. The highest BCUT2D eigenvalue weighted by Gasteiger charge is 2.27. The van der Waals surface area contributed by atoms with Crippen molar-refractivity contribution in [3.05, 3.63) is 66.0 Å². The number of piperidine rings is 1. The van der Waals surface area contributed by atoms with Crippen LogP contribution in [0.15, 0.2) is 48.8 Å². The number of ether oxygens (including phenoxy) is 2. The van der Waals surface area contributed by atoms with Crippen molar-refractivity contribution in [1.29, 1.82) is 0 Å². The molecule has 202 valence electrons. The van der Waals surface area contributed by atoms with E-state index >= 15 is 0 Å². The number of nitrogens with zero attached hydrogens (tertiary/aromatic N) is 5. The van der Waals surface area contributed by atoms with Crippen LogP contribution in [0.1, 0.15) is 18.4 Å². The number of hydrogen-bond donors (Lipinski definition) is 1. The van der Waals surface area contributed by atoms with E-state index in [0.29, 0.717) is 17.7 Å². The lowest BCUT2D eigenvalue weighted by Crippen LogP contribution is -2.52. The van der Waals surface area contributed by atoms with Gasteiger partial charge in [-0.2, -0.15) is 0 Å². The van der Waals surface area contributed by atoms with Gasteiger partial charge in [-0.25, -0.2) is 18.7 Å². The second kappa shape index (κ2) is 11.9. The van der Waals surface area contributed by atoms with E-state index in [-0.39, 0.29) is 12.2 Å². The summed E-state index contributed by atoms with van der Waals surface area (Å²) in [6.45, 7) is 6.36. The quantitative estimate of drug-likeness (QED) is 0.468. The largest absolute Gasteiger partial charge is 0.495 e. The SMILES string of the molecule is COc1cc(Nc2ncc(OCc3c(F)cccc3F)cn2)ccc1N1CCC(N2CCN(C)CC2)CC1. The fraction of sp³-hybridized carbons (Fsp3) is 0.429. The van der Waals surface area contributed by atoms with E-state index in [0.717, 1.165) is 69.2 Å². The Balaban J connectivity index is 1.17. The van der Waals surface area contributed by atoms with Crippen LogP contribution in [-0.4, -0.2) is 79.2 Å². The van der Waals surface area contributed by atoms with Gasteiger partial charge in [0.05, 0.1) is 30.8 Å². The molecular formula is C28H34F2N6O2. The molecule has 2 saturated heterocycles. The molecule has 2 aromatic carbocycles. The predicted molar refractivity (Wildman–Crippen MR) is 143 cm³/mol. The Morgan fingerprint density at radius 2 is 1.63 bits per heavy atom. The van der Waals surface area contributed by atoms with Crippen molar-refractivity contribution < 1.29 is 18.3 Å². The number of aromatic nitrogens is 2. The van der Waals surface area contributed by atoms with Gasteiger partial charge < -0.3 is 24.6 Å². The molecule has 0 unspecified atom stereocenters. The number of piperazine rings is 1. The van der Waals surface area contributed by atoms with Crippen LogP contribution in [0.4, 0.5) is 26.1 Å². The third kappa shape index (κ3) is 6.14. The molecule has 0 amide bonds. The first-order valence-corrected chi connectivity index (χ1v) is 13.0. The summed E-state index contributed by atoms with van der Waals surface area (Å²) in [6, 6.07) is 10.4. The highest BCUT2D eigenvalue weighted by molar-refractivity contribution is 5.67. The Morgan fingerprint density at radius 3 is 2.29 bits per heavy atom. The second-order valence-corrected chi connectivity index (χ2v) is 9.80. The predicted octanol–water partition coefficient (Wildman–Crippen LogP) is 4.30. The maximum atomic E-state index is 13.8. The van der Waals surface area contributed by atoms with Gasteiger partial charge in [0.15, 0.2) is 5.75 Å². The zero-order chi connectivity index (χ0) is 26.5. The minimum Gasteiger partial charge on any atom is -0.495 e. The lowest BCUT2D eigenvalue weighted by Gasteiger charge is -2.42. The standard InChI is InChI=1S/C28H34F2N6O2/c1-34-12-14-35(15-13-34)21-8-10-36(11-9-21)26-7-6-20(16-27(26)37-2)33-28-31-17-22(18-32-28)38-19-23-24(29)4-3-5-25(23)30/h3-7,16-18,21H,8-15,19H2,1-2H3,(H,31,32,33). The Hall–Kier alpha value is -3.50. The number of anilines is 3. The number of hydrogen-bond acceptors (Lipinski definition) is 8. The van der Waals surface area contributed by atoms with E-state index in [1.54, 1.807) is 7.11 Å². The van der Waals surface area contributed by atoms with Crippen LogP contribution in [0, 0.1) is 11.6 Å². The van der Waals surface area contributed by atoms with Gasteiger partial charge in [0, 0.05) is 57.1 Å². The third-order valence-electron chi connectivity index (χ3n) is 7.37. The lowest BCUT2D eigenvalue weighted by atomic mass is 10.0. The second-order valence-electron chi connectivity index (χ2n) is 9.80. The van der Waals surface area contributed by atoms with Crippen LogP contribution >= 0.6 is 0 Å². The summed E-state index contributed by atoms with van der Waals surface area (Å²) < 4.78 is 38.8. The molecule has 0 aliphatic carbocycles. The summed E-state index contributed by atoms with van der Waals surface area (Å²) in [5.74, 6) is 0.172. The molecule has 2 fully saturated rings. The molecule has 5 rings (SSSR count). The number of nitrogens with one attached hydrogen (secondary N) is 1. The molecular weight excluding hydrogens is 490 g/mol. The average Bonchev–Trinajstić information content (AvgIpc) is 2.94. The number of likely N-dealkylation sites (N-methyl/N-ethyl adjacent to an activating group) is 1. The van der Waals surface area contributed by atoms with E-state index in [4.69, 9.17) is 9.47 Å². The number of methoxy groups -OCH3 is 1. The maximum absolute atomic E-state index is 13.8. The van der Waals surface area contributed by atoms with E-state index in [1.165, 1.54) is 30.6 Å². The van der Waals surface area contributed by atoms with E-state index in [2.05, 4.69) is 43.1 Å². The fourth-order valence-corrected chi connectivity index (χ4v) is 5.09. The maximum Gasteiger partial charge on any atom is 0.227 e. The van der Waals surface area contributed by atoms with Gasteiger partial charge in [0.1, 0.15) is 24.0 Å². The monoisotopic (exact) mass is 524 g/mol. The van der Waals surface area contributed by atoms with Crippen molar-refractivity contribution in [2.75, 3.05) is 63.6 Å². The summed E-state index contributed by atoms with van der Waals surface area (Å²) in [5.41, 5.74) is 1.74. The van der Waals surface area contributed by atoms with Crippen molar-refractivity contribution in [2.24, 2.45) is 0 Å². The first-order valence-electron chi connectivity index (χ1n) is 13.0. The van der Waals surface area contributed by atoms with Crippen LogP contribution in [0.3, 0.4) is 0 Å². The Morgan fingerprint density at radius 1 is 0.947 bits per heavy atom. The van der Waals surface area contributed by atoms with Crippen LogP contribution < -0.4 is 19.7 Å². The zero-order valence-electron chi connectivity index (χ0n) is 21.9. The minimum absolute atomic E-state index is 0.134. The first kappa shape index (κ1) is 26.1. The molecule has 2 aliphatic rings. The highest BCUT2D eigenvalue weighted by Crippen LogP contribution is 2.34. The minimum atomic E-state index is -0.652. The van der Waals surface area contributed by atoms with Gasteiger partial charge in [-0.3, -0.25) is 4.90 Å². The number of rotatable bonds is 8. The van der Waals surface area contributed by atoms with Crippen LogP contribution in [-0.2, 0) is 6.61 Å². The van der Waals surface area contributed by atoms with Gasteiger partial charge in [-0.15, -0.1) is 0 Å². The third-order valence-corrected chi connectivity index (χ3v) is 7.37. The van der Waals surface area contributed by atoms with Crippen molar-refractivity contribution in [3.8, 4) is 11.5 Å². The van der Waals surface area contributed by atoms with Crippen molar-refractivity contribution in [1.82, 2.24) is 19.8 Å². The van der Waals surface area contributed by atoms with Gasteiger partial charge in [0.2, 0.25) is 5.95 Å². The molecule has 0 bridgehead atoms. The van der Waals surface area contributed by atoms with Crippen LogP contribution in [0.2, 0.25) is 0 Å². The zero-order valence-corrected chi connectivity index (χ0v) is 21.9. The first-order chi connectivity index (χ1) is 18.5. The van der Waals surface area contributed by atoms with Gasteiger partial charge >= 0.3 is 0 Å². The van der Waals surface area contributed by atoms with Gasteiger partial charge in [0.25, 0.3) is 0 Å². The van der Waals surface area contributed by atoms with Crippen LogP contribution in [0.25, 0.3) is 0 Å². The van der Waals surface area contributed by atoms with E-state index in [1.807, 2.05) is 12.1 Å². The van der Waals surface area contributed by atoms with E-state index < -0.39 is 11.6 Å². The molecule has 3 aromatic rings. The Bertz CT molecular complexity index is 1190. The summed E-state index contributed by atoms with van der Waals surface area (Å²) in [5, 5.41) is 3.17. The molecule has 0 saturated carbocycles. The molecule has 0 atom stereocenters. The topological polar surface area (TPSA) is 66.0 Å². The molecule has 1 N–H and O–H groups in total. The molecule has 0 radical (unpaired) electrons. The van der Waals surface area contributed by atoms with Crippen LogP contribution in [0.5, 0.6) is 11.5 Å². The van der Waals surface area contributed by atoms with Crippen molar-refractivity contribution in [2.45, 2.75) is 25.5 Å². The summed E-state index contributed by atoms with van der Waals surface area (Å²) in [7, 11) is 3.88. The molecule has 38 heavy (non-hydrogen) atoms. The Kier molecular flexibility index (Phi) is 8.19.